The number of nitrogens with zero attached hydrogens (tertiary/aromatic N) is 3. The molecular weight excluding hydrogens is 381 g/mol. The van der Waals surface area contributed by atoms with E-state index < -0.39 is 0 Å². The van der Waals surface area contributed by atoms with Crippen molar-refractivity contribution in [1.82, 2.24) is 9.78 Å². The number of hydrogen-bond donors (Lipinski definition) is 0. The Hall–Kier alpha value is -3.25. The first-order chi connectivity index (χ1) is 14.5. The van der Waals surface area contributed by atoms with Gasteiger partial charge >= 0.3 is 0 Å². The van der Waals surface area contributed by atoms with E-state index in [9.17, 15) is 9.18 Å². The molecule has 2 aromatic carbocycles. The number of aromatic nitrogens is 2. The van der Waals surface area contributed by atoms with Crippen LogP contribution in [0.3, 0.4) is 0 Å². The number of morpholine rings is 1. The van der Waals surface area contributed by atoms with E-state index in [1.807, 2.05) is 38.1 Å². The third-order valence-electron chi connectivity index (χ3n) is 5.35. The van der Waals surface area contributed by atoms with Crippen LogP contribution >= 0.6 is 0 Å². The zero-order valence-electron chi connectivity index (χ0n) is 17.1. The van der Waals surface area contributed by atoms with Gasteiger partial charge in [0.2, 0.25) is 0 Å². The van der Waals surface area contributed by atoms with Crippen LogP contribution in [0.25, 0.3) is 11.8 Å². The van der Waals surface area contributed by atoms with Gasteiger partial charge in [0.25, 0.3) is 0 Å². The van der Waals surface area contributed by atoms with Gasteiger partial charge in [0.1, 0.15) is 5.82 Å². The molecule has 0 atom stereocenters. The third kappa shape index (κ3) is 4.19. The Bertz CT molecular complexity index is 1060. The molecule has 1 aliphatic heterocycles. The number of carbonyl (C=O) groups is 1. The molecule has 6 heteroatoms. The highest BCUT2D eigenvalue weighted by molar-refractivity contribution is 6.07. The molecule has 0 bridgehead atoms. The maximum Gasteiger partial charge on any atom is 0.185 e. The Morgan fingerprint density at radius 3 is 2.30 bits per heavy atom. The molecule has 0 amide bonds. The Kier molecular flexibility index (Phi) is 5.77. The van der Waals surface area contributed by atoms with Crippen LogP contribution in [0.4, 0.5) is 10.1 Å². The summed E-state index contributed by atoms with van der Waals surface area (Å²) in [6, 6.07) is 13.9. The van der Waals surface area contributed by atoms with Gasteiger partial charge in [-0.05, 0) is 74.5 Å². The van der Waals surface area contributed by atoms with Gasteiger partial charge in [-0.2, -0.15) is 5.10 Å². The van der Waals surface area contributed by atoms with Crippen molar-refractivity contribution in [1.29, 1.82) is 0 Å². The van der Waals surface area contributed by atoms with Crippen molar-refractivity contribution in [2.24, 2.45) is 0 Å². The fraction of sp³-hybridized carbons (Fsp3) is 0.250. The molecule has 1 fully saturated rings. The summed E-state index contributed by atoms with van der Waals surface area (Å²) in [5.41, 5.74) is 5.12. The summed E-state index contributed by atoms with van der Waals surface area (Å²) in [7, 11) is 0. The quantitative estimate of drug-likeness (QED) is 0.467. The van der Waals surface area contributed by atoms with Gasteiger partial charge in [-0.1, -0.05) is 0 Å². The van der Waals surface area contributed by atoms with Crippen LogP contribution in [0.2, 0.25) is 0 Å². The molecule has 1 aromatic heterocycles. The first kappa shape index (κ1) is 20.0. The lowest BCUT2D eigenvalue weighted by molar-refractivity contribution is 0.104. The number of hydrogen-bond acceptors (Lipinski definition) is 4. The minimum Gasteiger partial charge on any atom is -0.378 e. The summed E-state index contributed by atoms with van der Waals surface area (Å²) >= 11 is 0. The second-order valence-corrected chi connectivity index (χ2v) is 7.32. The van der Waals surface area contributed by atoms with E-state index in [-0.39, 0.29) is 11.6 Å². The maximum absolute atomic E-state index is 13.2. The number of benzene rings is 2. The van der Waals surface area contributed by atoms with Crippen molar-refractivity contribution in [2.75, 3.05) is 31.2 Å². The average Bonchev–Trinajstić information content (AvgIpc) is 3.06. The molecule has 1 saturated heterocycles. The summed E-state index contributed by atoms with van der Waals surface area (Å²) in [5, 5.41) is 4.54. The molecule has 0 radical (unpaired) electrons. The number of ether oxygens (including phenoxy) is 1. The topological polar surface area (TPSA) is 47.4 Å². The van der Waals surface area contributed by atoms with Gasteiger partial charge in [-0.15, -0.1) is 0 Å². The van der Waals surface area contributed by atoms with Gasteiger partial charge in [0.15, 0.2) is 5.78 Å². The molecule has 0 saturated carbocycles. The summed E-state index contributed by atoms with van der Waals surface area (Å²) in [4.78, 5) is 14.9. The van der Waals surface area contributed by atoms with Crippen molar-refractivity contribution >= 4 is 17.5 Å². The van der Waals surface area contributed by atoms with Gasteiger partial charge in [-0.25, -0.2) is 9.07 Å². The summed E-state index contributed by atoms with van der Waals surface area (Å²) in [5.74, 6) is -0.345. The van der Waals surface area contributed by atoms with E-state index in [0.29, 0.717) is 5.56 Å². The van der Waals surface area contributed by atoms with Crippen LogP contribution in [-0.4, -0.2) is 41.9 Å². The summed E-state index contributed by atoms with van der Waals surface area (Å²) < 4.78 is 20.3. The Morgan fingerprint density at radius 2 is 1.63 bits per heavy atom. The number of rotatable bonds is 5. The Morgan fingerprint density at radius 1 is 1.00 bits per heavy atom. The van der Waals surface area contributed by atoms with E-state index in [1.165, 1.54) is 12.1 Å². The number of allylic oxidation sites excluding steroid dienone is 1. The number of anilines is 1. The molecule has 0 aliphatic carbocycles. The summed E-state index contributed by atoms with van der Waals surface area (Å²) in [6.07, 6.45) is 3.38. The van der Waals surface area contributed by atoms with Crippen LogP contribution in [-0.2, 0) is 4.74 Å². The SMILES string of the molecule is Cc1nn(-c2ccc(F)cc2)c(C)c1/C=C/C(=O)c1ccc(N2CCOCC2)cc1. The van der Waals surface area contributed by atoms with E-state index in [1.54, 1.807) is 29.0 Å². The van der Waals surface area contributed by atoms with Crippen LogP contribution in [0.1, 0.15) is 27.3 Å². The zero-order valence-corrected chi connectivity index (χ0v) is 17.1. The first-order valence-electron chi connectivity index (χ1n) is 10.0. The second-order valence-electron chi connectivity index (χ2n) is 7.32. The first-order valence-corrected chi connectivity index (χ1v) is 10.0. The van der Waals surface area contributed by atoms with Crippen LogP contribution in [0.15, 0.2) is 54.6 Å². The molecule has 154 valence electrons. The van der Waals surface area contributed by atoms with Gasteiger partial charge in [0, 0.05) is 35.6 Å². The molecule has 1 aliphatic rings. The Labute approximate surface area is 175 Å². The Balaban J connectivity index is 1.50. The zero-order chi connectivity index (χ0) is 21.1. The smallest absolute Gasteiger partial charge is 0.185 e. The molecule has 0 spiro atoms. The maximum atomic E-state index is 13.2. The van der Waals surface area contributed by atoms with Crippen LogP contribution < -0.4 is 4.90 Å². The number of halogens is 1. The molecule has 30 heavy (non-hydrogen) atoms. The molecule has 0 unspecified atom stereocenters. The van der Waals surface area contributed by atoms with E-state index in [4.69, 9.17) is 4.74 Å². The highest BCUT2D eigenvalue weighted by atomic mass is 19.1. The number of ketones is 1. The van der Waals surface area contributed by atoms with Gasteiger partial charge in [0.05, 0.1) is 24.6 Å². The van der Waals surface area contributed by atoms with Crippen molar-refractivity contribution in [3.8, 4) is 5.69 Å². The van der Waals surface area contributed by atoms with E-state index in [0.717, 1.165) is 54.6 Å². The number of carbonyl (C=O) groups excluding carboxylic acids is 1. The van der Waals surface area contributed by atoms with Crippen LogP contribution in [0.5, 0.6) is 0 Å². The van der Waals surface area contributed by atoms with Crippen molar-refractivity contribution in [3.05, 3.63) is 82.9 Å². The van der Waals surface area contributed by atoms with Crippen molar-refractivity contribution < 1.29 is 13.9 Å². The minimum atomic E-state index is -0.286. The van der Waals surface area contributed by atoms with E-state index in [2.05, 4.69) is 10.00 Å². The predicted molar refractivity (Wildman–Crippen MR) is 116 cm³/mol. The standard InChI is InChI=1S/C24H24FN3O2/c1-17-23(18(2)28(26-17)22-9-5-20(25)6-10-22)11-12-24(29)19-3-7-21(8-4-19)27-13-15-30-16-14-27/h3-12H,13-16H2,1-2H3/b12-11+. The minimum absolute atomic E-state index is 0.0585. The second kappa shape index (κ2) is 8.63. The van der Waals surface area contributed by atoms with Crippen LogP contribution in [0, 0.1) is 19.7 Å². The molecule has 2 heterocycles. The third-order valence-corrected chi connectivity index (χ3v) is 5.35. The fourth-order valence-electron chi connectivity index (χ4n) is 3.64. The monoisotopic (exact) mass is 405 g/mol. The normalized spacial score (nSPS) is 14.4. The summed E-state index contributed by atoms with van der Waals surface area (Å²) in [6.45, 7) is 7.02. The lowest BCUT2D eigenvalue weighted by Gasteiger charge is -2.28. The van der Waals surface area contributed by atoms with Gasteiger partial charge < -0.3 is 9.64 Å². The number of aryl methyl sites for hydroxylation is 1. The lowest BCUT2D eigenvalue weighted by atomic mass is 10.1. The van der Waals surface area contributed by atoms with Crippen molar-refractivity contribution in [2.45, 2.75) is 13.8 Å². The molecule has 4 rings (SSSR count). The molecule has 3 aromatic rings. The van der Waals surface area contributed by atoms with Crippen molar-refractivity contribution in [3.63, 3.8) is 0 Å². The largest absolute Gasteiger partial charge is 0.378 e. The fourth-order valence-corrected chi connectivity index (χ4v) is 3.64. The molecule has 5 nitrogen and oxygen atoms in total. The predicted octanol–water partition coefficient (Wildman–Crippen LogP) is 4.36. The highest BCUT2D eigenvalue weighted by Gasteiger charge is 2.13. The lowest BCUT2D eigenvalue weighted by Crippen LogP contribution is -2.36. The van der Waals surface area contributed by atoms with Gasteiger partial charge in [-0.3, -0.25) is 4.79 Å². The molecule has 0 N–H and O–H groups in total. The molecular formula is C24H24FN3O2. The average molecular weight is 405 g/mol. The highest BCUT2D eigenvalue weighted by Crippen LogP contribution is 2.21. The van der Waals surface area contributed by atoms with E-state index >= 15 is 0 Å².